The molecule has 0 spiro atoms. The van der Waals surface area contributed by atoms with Crippen LogP contribution in [-0.2, 0) is 0 Å². The molecule has 0 unspecified atom stereocenters. The fourth-order valence-electron chi connectivity index (χ4n) is 4.36. The maximum atomic E-state index is 2.41. The van der Waals surface area contributed by atoms with Gasteiger partial charge in [-0.2, -0.15) is 0 Å². The number of rotatable bonds is 4. The Balaban J connectivity index is 1.72. The molecule has 29 heavy (non-hydrogen) atoms. The summed E-state index contributed by atoms with van der Waals surface area (Å²) in [4.78, 5) is 0. The van der Waals surface area contributed by atoms with E-state index in [9.17, 15) is 0 Å². The van der Waals surface area contributed by atoms with E-state index >= 15 is 0 Å². The van der Waals surface area contributed by atoms with E-state index in [1.54, 1.807) is 21.2 Å². The van der Waals surface area contributed by atoms with Gasteiger partial charge in [0, 0.05) is 0 Å². The van der Waals surface area contributed by atoms with Gasteiger partial charge in [0.05, 0.1) is 0 Å². The van der Waals surface area contributed by atoms with E-state index < -0.39 is 11.6 Å². The molecule has 1 aliphatic rings. The Morgan fingerprint density at radius 1 is 0.379 bits per heavy atom. The number of hydrogen-bond acceptors (Lipinski definition) is 0. The molecule has 0 bridgehead atoms. The molecule has 4 aromatic rings. The van der Waals surface area contributed by atoms with Gasteiger partial charge in [-0.25, -0.2) is 0 Å². The van der Waals surface area contributed by atoms with Crippen LogP contribution in [0, 0.1) is 0 Å². The minimum absolute atomic E-state index is 0.146. The third-order valence-corrected chi connectivity index (χ3v) is 34.8. The van der Waals surface area contributed by atoms with Crippen LogP contribution in [0.1, 0.15) is 0 Å². The van der Waals surface area contributed by atoms with Crippen molar-refractivity contribution in [1.29, 1.82) is 0 Å². The van der Waals surface area contributed by atoms with Crippen LogP contribution in [0.4, 0.5) is 0 Å². The Kier molecular flexibility index (Phi) is 5.45. The van der Waals surface area contributed by atoms with E-state index in [0.29, 0.717) is 0 Å². The van der Waals surface area contributed by atoms with Gasteiger partial charge in [-0.1, -0.05) is 0 Å². The molecule has 3 heteroatoms. The van der Waals surface area contributed by atoms with Gasteiger partial charge in [-0.05, 0) is 0 Å². The van der Waals surface area contributed by atoms with Gasteiger partial charge < -0.3 is 0 Å². The molecular formula is C26H24AsP2+2. The molecule has 0 nitrogen and oxygen atoms in total. The molecule has 0 atom stereocenters. The van der Waals surface area contributed by atoms with Gasteiger partial charge in [-0.15, -0.1) is 0 Å². The Morgan fingerprint density at radius 3 is 0.862 bits per heavy atom. The second-order valence-corrected chi connectivity index (χ2v) is 26.1. The number of hydrogen-bond donors (Lipinski definition) is 0. The summed E-state index contributed by atoms with van der Waals surface area (Å²) in [6.45, 7) is 0. The summed E-state index contributed by atoms with van der Waals surface area (Å²) in [5.41, 5.74) is 0. The molecule has 1 saturated heterocycles. The van der Waals surface area contributed by atoms with Crippen LogP contribution in [0.2, 0.25) is 0 Å². The van der Waals surface area contributed by atoms with Crippen LogP contribution in [0.5, 0.6) is 0 Å². The molecule has 1 aliphatic heterocycles. The van der Waals surface area contributed by atoms with Crippen molar-refractivity contribution in [2.45, 2.75) is 0 Å². The number of benzene rings is 4. The third-order valence-electron chi connectivity index (χ3n) is 5.79. The summed E-state index contributed by atoms with van der Waals surface area (Å²) in [6.07, 6.45) is 2.69. The van der Waals surface area contributed by atoms with Gasteiger partial charge in [0.2, 0.25) is 0 Å². The molecule has 0 N–H and O–H groups in total. The fourth-order valence-corrected chi connectivity index (χ4v) is 43.2. The van der Waals surface area contributed by atoms with Gasteiger partial charge in [-0.3, -0.25) is 0 Å². The van der Waals surface area contributed by atoms with Gasteiger partial charge in [0.25, 0.3) is 0 Å². The molecule has 5 rings (SSSR count). The first kappa shape index (κ1) is 19.3. The summed E-state index contributed by atoms with van der Waals surface area (Å²) < 4.78 is 0. The van der Waals surface area contributed by atoms with Crippen LogP contribution in [-0.4, -0.2) is 27.2 Å². The van der Waals surface area contributed by atoms with Gasteiger partial charge in [0.15, 0.2) is 0 Å². The van der Waals surface area contributed by atoms with Crippen molar-refractivity contribution < 1.29 is 0 Å². The van der Waals surface area contributed by atoms with Crippen LogP contribution < -0.4 is 21.2 Å². The van der Waals surface area contributed by atoms with E-state index in [4.69, 9.17) is 0 Å². The predicted molar refractivity (Wildman–Crippen MR) is 134 cm³/mol. The van der Waals surface area contributed by atoms with E-state index in [0.717, 1.165) is 0 Å². The SMILES string of the molecule is c1ccc([P+]2(c3ccccc3)CC[P+](c3ccccc3)(c3ccccc3)[As]2)cc1. The van der Waals surface area contributed by atoms with Crippen molar-refractivity contribution in [3.63, 3.8) is 0 Å². The Hall–Kier alpha value is -1.70. The third kappa shape index (κ3) is 3.43. The van der Waals surface area contributed by atoms with Crippen LogP contribution >= 0.6 is 11.6 Å². The van der Waals surface area contributed by atoms with E-state index in [-0.39, 0.29) is 14.8 Å². The van der Waals surface area contributed by atoms with E-state index in [1.807, 2.05) is 0 Å². The molecular weight excluding hydrogens is 449 g/mol. The molecule has 0 aromatic heterocycles. The summed E-state index contributed by atoms with van der Waals surface area (Å²) in [7, 11) is 0. The average molecular weight is 473 g/mol. The van der Waals surface area contributed by atoms with Crippen molar-refractivity contribution in [3.05, 3.63) is 121 Å². The monoisotopic (exact) mass is 473 g/mol. The Morgan fingerprint density at radius 2 is 0.621 bits per heavy atom. The van der Waals surface area contributed by atoms with Crippen LogP contribution in [0.25, 0.3) is 0 Å². The Bertz CT molecular complexity index is 899. The summed E-state index contributed by atoms with van der Waals surface area (Å²) in [5.74, 6) is -2.72. The molecule has 0 aliphatic carbocycles. The van der Waals surface area contributed by atoms with Crippen LogP contribution in [0.15, 0.2) is 121 Å². The van der Waals surface area contributed by atoms with Crippen molar-refractivity contribution in [3.8, 4) is 0 Å². The van der Waals surface area contributed by atoms with E-state index in [2.05, 4.69) is 121 Å². The fraction of sp³-hybridized carbons (Fsp3) is 0.0769. The van der Waals surface area contributed by atoms with Crippen molar-refractivity contribution in [2.75, 3.05) is 12.3 Å². The van der Waals surface area contributed by atoms with Crippen molar-refractivity contribution in [1.82, 2.24) is 0 Å². The zero-order valence-electron chi connectivity index (χ0n) is 16.3. The standard InChI is InChI=1S/C26H24AsP2/c1-5-13-23(14-6-1)28(24-15-7-2-8-16-24)21-22-29(27-28,25-17-9-3-10-18-25)26-19-11-4-12-20-26/h1-20H,21-22H2/q+2. The second kappa shape index (κ2) is 8.20. The Labute approximate surface area is 180 Å². The first-order valence-electron chi connectivity index (χ1n) is 10.1. The van der Waals surface area contributed by atoms with E-state index in [1.165, 1.54) is 12.3 Å². The first-order valence-corrected chi connectivity index (χ1v) is 19.0. The maximum absolute atomic E-state index is 2.41. The van der Waals surface area contributed by atoms with Crippen molar-refractivity contribution in [2.24, 2.45) is 0 Å². The van der Waals surface area contributed by atoms with Gasteiger partial charge in [0.1, 0.15) is 0 Å². The minimum atomic E-state index is -1.36. The molecule has 141 valence electrons. The molecule has 0 saturated carbocycles. The predicted octanol–water partition coefficient (Wildman–Crippen LogP) is 4.87. The average Bonchev–Trinajstić information content (AvgIpc) is 3.25. The zero-order chi connectivity index (χ0) is 19.6. The molecule has 1 radical (unpaired) electrons. The topological polar surface area (TPSA) is 0 Å². The summed E-state index contributed by atoms with van der Waals surface area (Å²) >= 11 is 0.146. The van der Waals surface area contributed by atoms with Crippen molar-refractivity contribution >= 4 is 47.7 Å². The summed E-state index contributed by atoms with van der Waals surface area (Å²) in [6, 6.07) is 45.8. The molecule has 1 fully saturated rings. The summed E-state index contributed by atoms with van der Waals surface area (Å²) in [5, 5.41) is 6.44. The van der Waals surface area contributed by atoms with Gasteiger partial charge >= 0.3 is 181 Å². The second-order valence-electron chi connectivity index (χ2n) is 7.42. The normalized spacial score (nSPS) is 17.1. The first-order chi connectivity index (χ1) is 14.3. The van der Waals surface area contributed by atoms with Crippen LogP contribution in [0.3, 0.4) is 0 Å². The molecule has 1 heterocycles. The zero-order valence-corrected chi connectivity index (χ0v) is 20.0. The molecule has 0 amide bonds. The molecule has 4 aromatic carbocycles. The quantitative estimate of drug-likeness (QED) is 0.293.